The fourth-order valence-electron chi connectivity index (χ4n) is 5.93. The van der Waals surface area contributed by atoms with Crippen molar-refractivity contribution in [3.63, 3.8) is 0 Å². The summed E-state index contributed by atoms with van der Waals surface area (Å²) in [6.45, 7) is 15.9. The van der Waals surface area contributed by atoms with E-state index in [1.807, 2.05) is 56.3 Å². The number of anilines is 1. The number of aromatic carboxylic acids is 1. The summed E-state index contributed by atoms with van der Waals surface area (Å²) in [5.74, 6) is 6.58. The van der Waals surface area contributed by atoms with Crippen molar-refractivity contribution in [3.05, 3.63) is 52.5 Å². The molecule has 0 radical (unpaired) electrons. The minimum Gasteiger partial charge on any atom is -0.477 e. The molecule has 2 fully saturated rings. The number of aromatic nitrogens is 1. The normalized spacial score (nSPS) is 22.2. The summed E-state index contributed by atoms with van der Waals surface area (Å²) in [6, 6.07) is 5.70. The molecule has 2 aromatic rings. The van der Waals surface area contributed by atoms with Crippen LogP contribution in [0.4, 0.5) is 5.69 Å². The molecule has 0 atom stereocenters. The number of carbonyl (C=O) groups excluding carboxylic acids is 1. The van der Waals surface area contributed by atoms with Gasteiger partial charge in [0.15, 0.2) is 0 Å². The van der Waals surface area contributed by atoms with E-state index in [0.717, 1.165) is 70.0 Å². The van der Waals surface area contributed by atoms with Gasteiger partial charge in [0, 0.05) is 42.7 Å². The predicted molar refractivity (Wildman–Crippen MR) is 173 cm³/mol. The summed E-state index contributed by atoms with van der Waals surface area (Å²) < 4.78 is 6.26. The average molecular weight is 606 g/mol. The number of thiophene rings is 1. The van der Waals surface area contributed by atoms with Gasteiger partial charge in [-0.3, -0.25) is 4.79 Å². The number of carbonyl (C=O) groups is 2. The van der Waals surface area contributed by atoms with Crippen LogP contribution in [0.25, 0.3) is 0 Å². The molecule has 2 saturated carbocycles. The Morgan fingerprint density at radius 2 is 1.84 bits per heavy atom. The number of amides is 1. The Labute approximate surface area is 261 Å². The molecular formula is C35H47N3O4S. The fraction of sp³-hybridized carbons (Fsp3) is 0.571. The third-order valence-corrected chi connectivity index (χ3v) is 9.50. The number of rotatable bonds is 10. The number of hydrogen-bond donors (Lipinski definition) is 1. The molecule has 0 unspecified atom stereocenters. The van der Waals surface area contributed by atoms with Crippen LogP contribution in [0, 0.1) is 29.1 Å². The van der Waals surface area contributed by atoms with Crippen LogP contribution in [-0.2, 0) is 11.3 Å². The van der Waals surface area contributed by atoms with Crippen molar-refractivity contribution >= 4 is 28.9 Å². The van der Waals surface area contributed by atoms with Crippen LogP contribution in [0.3, 0.4) is 0 Å². The first-order chi connectivity index (χ1) is 20.5. The number of pyridine rings is 1. The van der Waals surface area contributed by atoms with E-state index < -0.39 is 5.97 Å². The lowest BCUT2D eigenvalue weighted by molar-refractivity contribution is -0.124. The summed E-state index contributed by atoms with van der Waals surface area (Å²) in [5, 5.41) is 10.2. The Balaban J connectivity index is 1.52. The second kappa shape index (κ2) is 14.4. The SMILES string of the molecule is C=CN(CC)Cc1ccc(OC2CCC(N(C(=O)C3CCC(C)CC3)c3cc(C#CC(C)(C)C)sc3C(=O)O)CC2)nc1. The Morgan fingerprint density at radius 1 is 1.14 bits per heavy atom. The molecule has 1 N–H and O–H groups in total. The molecule has 43 heavy (non-hydrogen) atoms. The smallest absolute Gasteiger partial charge is 0.348 e. The average Bonchev–Trinajstić information content (AvgIpc) is 3.41. The highest BCUT2D eigenvalue weighted by atomic mass is 32.1. The number of nitrogens with zero attached hydrogens (tertiary/aromatic N) is 3. The molecule has 0 spiro atoms. The van der Waals surface area contributed by atoms with Gasteiger partial charge in [0.1, 0.15) is 11.0 Å². The van der Waals surface area contributed by atoms with Gasteiger partial charge in [0.05, 0.1) is 10.6 Å². The molecule has 0 aliphatic heterocycles. The van der Waals surface area contributed by atoms with Gasteiger partial charge in [0.25, 0.3) is 0 Å². The molecular weight excluding hydrogens is 558 g/mol. The first-order valence-corrected chi connectivity index (χ1v) is 16.5. The van der Waals surface area contributed by atoms with Crippen molar-refractivity contribution < 1.29 is 19.4 Å². The maximum atomic E-state index is 14.2. The second-order valence-electron chi connectivity index (χ2n) is 13.1. The van der Waals surface area contributed by atoms with Gasteiger partial charge in [0.2, 0.25) is 11.8 Å². The van der Waals surface area contributed by atoms with Crippen LogP contribution < -0.4 is 9.64 Å². The minimum absolute atomic E-state index is 0.00275. The van der Waals surface area contributed by atoms with E-state index in [9.17, 15) is 14.7 Å². The highest BCUT2D eigenvalue weighted by Gasteiger charge is 2.38. The summed E-state index contributed by atoms with van der Waals surface area (Å²) in [4.78, 5) is 36.0. The molecule has 2 heterocycles. The zero-order valence-corrected chi connectivity index (χ0v) is 27.2. The first-order valence-electron chi connectivity index (χ1n) is 15.7. The van der Waals surface area contributed by atoms with Gasteiger partial charge in [-0.15, -0.1) is 11.3 Å². The molecule has 0 bridgehead atoms. The van der Waals surface area contributed by atoms with Crippen molar-refractivity contribution in [2.75, 3.05) is 11.4 Å². The highest BCUT2D eigenvalue weighted by Crippen LogP contribution is 2.39. The quantitative estimate of drug-likeness (QED) is 0.279. The zero-order chi connectivity index (χ0) is 31.1. The van der Waals surface area contributed by atoms with Crippen molar-refractivity contribution in [1.82, 2.24) is 9.88 Å². The van der Waals surface area contributed by atoms with Crippen LogP contribution in [0.1, 0.15) is 106 Å². The van der Waals surface area contributed by atoms with Crippen LogP contribution in [0.15, 0.2) is 37.2 Å². The molecule has 0 saturated heterocycles. The summed E-state index contributed by atoms with van der Waals surface area (Å²) >= 11 is 1.17. The maximum Gasteiger partial charge on any atom is 0.348 e. The minimum atomic E-state index is -1.01. The van der Waals surface area contributed by atoms with Gasteiger partial charge in [-0.1, -0.05) is 31.4 Å². The van der Waals surface area contributed by atoms with Gasteiger partial charge in [-0.2, -0.15) is 0 Å². The number of hydrogen-bond acceptors (Lipinski definition) is 6. The van der Waals surface area contributed by atoms with Gasteiger partial charge < -0.3 is 19.6 Å². The molecule has 4 rings (SSSR count). The zero-order valence-electron chi connectivity index (χ0n) is 26.4. The number of carboxylic acid groups (broad SMARTS) is 1. The van der Waals surface area contributed by atoms with Crippen molar-refractivity contribution in [3.8, 4) is 17.7 Å². The molecule has 0 aromatic carbocycles. The van der Waals surface area contributed by atoms with E-state index in [2.05, 4.69) is 42.2 Å². The van der Waals surface area contributed by atoms with Crippen LogP contribution in [0.2, 0.25) is 0 Å². The Hall–Kier alpha value is -3.31. The summed E-state index contributed by atoms with van der Waals surface area (Å²) in [5.41, 5.74) is 1.39. The maximum absolute atomic E-state index is 14.2. The van der Waals surface area contributed by atoms with E-state index in [-0.39, 0.29) is 34.3 Å². The van der Waals surface area contributed by atoms with E-state index >= 15 is 0 Å². The summed E-state index contributed by atoms with van der Waals surface area (Å²) in [7, 11) is 0. The lowest BCUT2D eigenvalue weighted by Crippen LogP contribution is -2.47. The molecule has 7 nitrogen and oxygen atoms in total. The molecule has 2 aliphatic rings. The standard InChI is InChI=1S/C35H47N3O4S/c1-7-37(8-2)23-25-11-18-31(36-22-25)42-28-16-14-27(15-17-28)38(33(39)26-12-9-24(3)10-13-26)30-21-29(19-20-35(4,5)6)43-32(30)34(40)41/h7,11,18,21-22,24,26-28H,1,8-10,12-17,23H2,2-6H3,(H,40,41). The molecule has 2 aromatic heterocycles. The van der Waals surface area contributed by atoms with Crippen molar-refractivity contribution in [1.29, 1.82) is 0 Å². The van der Waals surface area contributed by atoms with Crippen LogP contribution in [-0.4, -0.2) is 45.6 Å². The first kappa shape index (κ1) is 32.6. The van der Waals surface area contributed by atoms with Gasteiger partial charge >= 0.3 is 5.97 Å². The molecule has 232 valence electrons. The van der Waals surface area contributed by atoms with E-state index in [1.165, 1.54) is 11.3 Å². The lowest BCUT2D eigenvalue weighted by atomic mass is 9.81. The predicted octanol–water partition coefficient (Wildman–Crippen LogP) is 7.75. The van der Waals surface area contributed by atoms with Gasteiger partial charge in [-0.05, 0) is 103 Å². The second-order valence-corrected chi connectivity index (χ2v) is 14.1. The lowest BCUT2D eigenvalue weighted by Gasteiger charge is -2.39. The van der Waals surface area contributed by atoms with Crippen molar-refractivity contribution in [2.24, 2.45) is 17.3 Å². The summed E-state index contributed by atoms with van der Waals surface area (Å²) in [6.07, 6.45) is 10.4. The Kier molecular flexibility index (Phi) is 10.9. The van der Waals surface area contributed by atoms with Gasteiger partial charge in [-0.25, -0.2) is 9.78 Å². The van der Waals surface area contributed by atoms with Crippen LogP contribution >= 0.6 is 11.3 Å². The monoisotopic (exact) mass is 605 g/mol. The third kappa shape index (κ3) is 8.86. The molecule has 2 aliphatic carbocycles. The number of ether oxygens (including phenoxy) is 1. The largest absolute Gasteiger partial charge is 0.477 e. The van der Waals surface area contributed by atoms with Crippen LogP contribution in [0.5, 0.6) is 5.88 Å². The third-order valence-electron chi connectivity index (χ3n) is 8.47. The highest BCUT2D eigenvalue weighted by molar-refractivity contribution is 7.15. The van der Waals surface area contributed by atoms with Crippen molar-refractivity contribution in [2.45, 2.75) is 105 Å². The Bertz CT molecular complexity index is 1320. The fourth-order valence-corrected chi connectivity index (χ4v) is 6.77. The van der Waals surface area contributed by atoms with E-state index in [4.69, 9.17) is 4.74 Å². The molecule has 1 amide bonds. The Morgan fingerprint density at radius 3 is 2.40 bits per heavy atom. The van der Waals surface area contributed by atoms with E-state index in [1.54, 1.807) is 0 Å². The topological polar surface area (TPSA) is 83.0 Å². The van der Waals surface area contributed by atoms with E-state index in [0.29, 0.717) is 22.4 Å². The number of carboxylic acids is 1. The molecule has 8 heteroatoms.